The summed E-state index contributed by atoms with van der Waals surface area (Å²) in [5.74, 6) is 0.718. The number of aryl methyl sites for hydroxylation is 2. The Labute approximate surface area is 163 Å². The maximum atomic E-state index is 12.8. The van der Waals surface area contributed by atoms with Crippen molar-refractivity contribution >= 4 is 34.1 Å². The predicted octanol–water partition coefficient (Wildman–Crippen LogP) is 5.20. The number of hydrogen-bond donors (Lipinski definition) is 1. The van der Waals surface area contributed by atoms with Crippen LogP contribution in [0, 0.1) is 13.8 Å². The van der Waals surface area contributed by atoms with Gasteiger partial charge in [-0.15, -0.1) is 0 Å². The lowest BCUT2D eigenvalue weighted by Gasteiger charge is -2.13. The minimum Gasteiger partial charge on any atom is -0.495 e. The third-order valence-electron chi connectivity index (χ3n) is 4.94. The third-order valence-corrected chi connectivity index (χ3v) is 5.23. The Morgan fingerprint density at radius 3 is 2.44 bits per heavy atom. The van der Waals surface area contributed by atoms with E-state index in [1.54, 1.807) is 12.1 Å². The molecule has 1 N–H and O–H groups in total. The number of carbonyl (C=O) groups excluding carboxylic acids is 1. The summed E-state index contributed by atoms with van der Waals surface area (Å²) >= 11 is 6.13. The van der Waals surface area contributed by atoms with Gasteiger partial charge in [-0.05, 0) is 44.5 Å². The lowest BCUT2D eigenvalue weighted by atomic mass is 10.1. The number of carbonyl (C=O) groups is 1. The third kappa shape index (κ3) is 3.35. The van der Waals surface area contributed by atoms with Crippen LogP contribution in [-0.4, -0.2) is 24.7 Å². The number of rotatable bonds is 5. The Balaban J connectivity index is 1.99. The van der Waals surface area contributed by atoms with Crippen molar-refractivity contribution in [3.8, 4) is 11.5 Å². The second kappa shape index (κ2) is 7.53. The number of ether oxygens (including phenoxy) is 2. The van der Waals surface area contributed by atoms with E-state index >= 15 is 0 Å². The zero-order valence-electron chi connectivity index (χ0n) is 16.1. The summed E-state index contributed by atoms with van der Waals surface area (Å²) in [6.45, 7) is 7.19. The van der Waals surface area contributed by atoms with E-state index in [4.69, 9.17) is 21.1 Å². The summed E-state index contributed by atoms with van der Waals surface area (Å²) in [4.78, 5) is 12.8. The van der Waals surface area contributed by atoms with Crippen molar-refractivity contribution in [2.45, 2.75) is 27.3 Å². The van der Waals surface area contributed by atoms with Gasteiger partial charge in [-0.1, -0.05) is 11.6 Å². The van der Waals surface area contributed by atoms with Crippen LogP contribution in [0.4, 0.5) is 5.69 Å². The van der Waals surface area contributed by atoms with Gasteiger partial charge < -0.3 is 19.4 Å². The van der Waals surface area contributed by atoms with Crippen molar-refractivity contribution < 1.29 is 14.3 Å². The second-order valence-electron chi connectivity index (χ2n) is 6.33. The lowest BCUT2D eigenvalue weighted by molar-refractivity contribution is 0.102. The number of halogens is 1. The fraction of sp³-hybridized carbons (Fsp3) is 0.286. The average molecular weight is 387 g/mol. The summed E-state index contributed by atoms with van der Waals surface area (Å²) < 4.78 is 12.8. The van der Waals surface area contributed by atoms with E-state index in [-0.39, 0.29) is 5.91 Å². The van der Waals surface area contributed by atoms with E-state index < -0.39 is 0 Å². The van der Waals surface area contributed by atoms with E-state index in [0.717, 1.165) is 17.4 Å². The molecule has 3 aromatic rings. The summed E-state index contributed by atoms with van der Waals surface area (Å²) in [6, 6.07) is 9.03. The zero-order valence-corrected chi connectivity index (χ0v) is 16.9. The number of methoxy groups -OCH3 is 2. The first-order valence-electron chi connectivity index (χ1n) is 8.73. The smallest absolute Gasteiger partial charge is 0.255 e. The van der Waals surface area contributed by atoms with Gasteiger partial charge in [0.05, 0.1) is 24.9 Å². The van der Waals surface area contributed by atoms with Gasteiger partial charge in [0.15, 0.2) is 0 Å². The van der Waals surface area contributed by atoms with Crippen LogP contribution in [0.1, 0.15) is 28.5 Å². The minimum atomic E-state index is -0.221. The average Bonchev–Trinajstić information content (AvgIpc) is 2.92. The standard InChI is InChI=1S/C21H23ClN2O3/c1-6-24-13(3)12(2)15-9-14(7-8-18(15)24)21(25)23-17-11-19(26-4)16(22)10-20(17)27-5/h7-11H,6H2,1-5H3,(H,23,25). The van der Waals surface area contributed by atoms with Crippen LogP contribution < -0.4 is 14.8 Å². The Bertz CT molecular complexity index is 1020. The van der Waals surface area contributed by atoms with Crippen molar-refractivity contribution in [1.82, 2.24) is 4.57 Å². The van der Waals surface area contributed by atoms with Gasteiger partial charge in [0.25, 0.3) is 5.91 Å². The quantitative estimate of drug-likeness (QED) is 0.655. The second-order valence-corrected chi connectivity index (χ2v) is 6.73. The van der Waals surface area contributed by atoms with Crippen molar-refractivity contribution in [2.24, 2.45) is 0 Å². The highest BCUT2D eigenvalue weighted by Gasteiger charge is 2.16. The van der Waals surface area contributed by atoms with E-state index in [1.165, 1.54) is 25.5 Å². The van der Waals surface area contributed by atoms with Gasteiger partial charge in [0.1, 0.15) is 11.5 Å². The molecule has 5 nitrogen and oxygen atoms in total. The normalized spacial score (nSPS) is 10.9. The van der Waals surface area contributed by atoms with E-state index in [1.807, 2.05) is 18.2 Å². The molecule has 0 saturated carbocycles. The summed E-state index contributed by atoms with van der Waals surface area (Å²) in [5, 5.41) is 4.39. The van der Waals surface area contributed by atoms with Gasteiger partial charge in [-0.2, -0.15) is 0 Å². The highest BCUT2D eigenvalue weighted by Crippen LogP contribution is 2.36. The Morgan fingerprint density at radius 2 is 1.81 bits per heavy atom. The molecule has 0 atom stereocenters. The first-order valence-corrected chi connectivity index (χ1v) is 9.11. The van der Waals surface area contributed by atoms with Gasteiger partial charge in [-0.3, -0.25) is 4.79 Å². The van der Waals surface area contributed by atoms with E-state index in [0.29, 0.717) is 27.8 Å². The molecule has 1 heterocycles. The van der Waals surface area contributed by atoms with Crippen LogP contribution in [0.3, 0.4) is 0 Å². The maximum Gasteiger partial charge on any atom is 0.255 e. The molecular formula is C21H23ClN2O3. The SMILES string of the molecule is CCn1c(C)c(C)c2cc(C(=O)Nc3cc(OC)c(Cl)cc3OC)ccc21. The molecule has 0 bridgehead atoms. The van der Waals surface area contributed by atoms with Crippen LogP contribution in [-0.2, 0) is 6.54 Å². The van der Waals surface area contributed by atoms with Crippen molar-refractivity contribution in [2.75, 3.05) is 19.5 Å². The molecule has 0 aliphatic carbocycles. The molecular weight excluding hydrogens is 364 g/mol. The molecule has 0 radical (unpaired) electrons. The molecule has 0 spiro atoms. The zero-order chi connectivity index (χ0) is 19.7. The van der Waals surface area contributed by atoms with Gasteiger partial charge in [0.2, 0.25) is 0 Å². The molecule has 0 aliphatic heterocycles. The van der Waals surface area contributed by atoms with Crippen LogP contribution >= 0.6 is 11.6 Å². The van der Waals surface area contributed by atoms with Crippen molar-refractivity contribution in [3.05, 3.63) is 52.2 Å². The number of anilines is 1. The number of amides is 1. The first-order chi connectivity index (χ1) is 12.9. The maximum absolute atomic E-state index is 12.8. The Kier molecular flexibility index (Phi) is 5.33. The van der Waals surface area contributed by atoms with E-state index in [2.05, 4.69) is 30.7 Å². The van der Waals surface area contributed by atoms with Crippen LogP contribution in [0.25, 0.3) is 10.9 Å². The van der Waals surface area contributed by atoms with Gasteiger partial charge in [-0.25, -0.2) is 0 Å². The molecule has 27 heavy (non-hydrogen) atoms. The van der Waals surface area contributed by atoms with Gasteiger partial charge >= 0.3 is 0 Å². The minimum absolute atomic E-state index is 0.221. The fourth-order valence-corrected chi connectivity index (χ4v) is 3.58. The van der Waals surface area contributed by atoms with Crippen LogP contribution in [0.5, 0.6) is 11.5 Å². The molecule has 1 amide bonds. The van der Waals surface area contributed by atoms with Crippen LogP contribution in [0.2, 0.25) is 5.02 Å². The number of hydrogen-bond acceptors (Lipinski definition) is 3. The van der Waals surface area contributed by atoms with Crippen molar-refractivity contribution in [3.63, 3.8) is 0 Å². The number of aromatic nitrogens is 1. The molecule has 0 unspecified atom stereocenters. The number of nitrogens with zero attached hydrogens (tertiary/aromatic N) is 1. The summed E-state index contributed by atoms with van der Waals surface area (Å²) in [5.41, 5.74) is 4.62. The number of fused-ring (bicyclic) bond motifs is 1. The van der Waals surface area contributed by atoms with Crippen molar-refractivity contribution in [1.29, 1.82) is 0 Å². The largest absolute Gasteiger partial charge is 0.495 e. The van der Waals surface area contributed by atoms with E-state index in [9.17, 15) is 4.79 Å². The Morgan fingerprint density at radius 1 is 1.11 bits per heavy atom. The lowest BCUT2D eigenvalue weighted by Crippen LogP contribution is -2.13. The first kappa shape index (κ1) is 19.1. The molecule has 142 valence electrons. The molecule has 6 heteroatoms. The summed E-state index contributed by atoms with van der Waals surface area (Å²) in [7, 11) is 3.05. The number of nitrogens with one attached hydrogen (secondary N) is 1. The number of benzene rings is 2. The monoisotopic (exact) mass is 386 g/mol. The molecule has 2 aromatic carbocycles. The predicted molar refractivity (Wildman–Crippen MR) is 110 cm³/mol. The molecule has 1 aromatic heterocycles. The molecule has 3 rings (SSSR count). The van der Waals surface area contributed by atoms with Gasteiger partial charge in [0, 0.05) is 40.8 Å². The van der Waals surface area contributed by atoms with Crippen LogP contribution in [0.15, 0.2) is 30.3 Å². The molecule has 0 saturated heterocycles. The highest BCUT2D eigenvalue weighted by atomic mass is 35.5. The summed E-state index contributed by atoms with van der Waals surface area (Å²) in [6.07, 6.45) is 0. The Hall–Kier alpha value is -2.66. The topological polar surface area (TPSA) is 52.5 Å². The fourth-order valence-electron chi connectivity index (χ4n) is 3.35. The highest BCUT2D eigenvalue weighted by molar-refractivity contribution is 6.32. The molecule has 0 fully saturated rings. The molecule has 0 aliphatic rings.